The zero-order chi connectivity index (χ0) is 13.3. The molecule has 1 atom stereocenters. The lowest BCUT2D eigenvalue weighted by Crippen LogP contribution is -2.52. The lowest BCUT2D eigenvalue weighted by molar-refractivity contribution is 0.184. The number of benzene rings is 1. The predicted molar refractivity (Wildman–Crippen MR) is 78.5 cm³/mol. The highest BCUT2D eigenvalue weighted by atomic mass is 35.5. The molecule has 1 aliphatic heterocycles. The molecule has 1 saturated heterocycles. The Morgan fingerprint density at radius 3 is 2.72 bits per heavy atom. The second-order valence-electron chi connectivity index (χ2n) is 5.43. The molecule has 4 heteroatoms. The molecule has 3 nitrogen and oxygen atoms in total. The van der Waals surface area contributed by atoms with Gasteiger partial charge in [-0.1, -0.05) is 17.7 Å². The summed E-state index contributed by atoms with van der Waals surface area (Å²) in [6.45, 7) is 4.83. The fourth-order valence-electron chi connectivity index (χ4n) is 2.70. The van der Waals surface area contributed by atoms with Crippen LogP contribution < -0.4 is 10.6 Å². The highest BCUT2D eigenvalue weighted by molar-refractivity contribution is 6.30. The number of anilines is 1. The highest BCUT2D eigenvalue weighted by Gasteiger charge is 2.39. The Labute approximate surface area is 115 Å². The Balaban J connectivity index is 2.25. The van der Waals surface area contributed by atoms with Crippen molar-refractivity contribution < 1.29 is 0 Å². The Morgan fingerprint density at radius 2 is 2.17 bits per heavy atom. The molecule has 18 heavy (non-hydrogen) atoms. The smallest absolute Gasteiger partial charge is 0.0518 e. The number of nitrogens with two attached hydrogens (primary N) is 1. The van der Waals surface area contributed by atoms with Gasteiger partial charge in [0.05, 0.1) is 5.54 Å². The number of halogens is 1. The molecule has 1 heterocycles. The van der Waals surface area contributed by atoms with Crippen LogP contribution in [-0.4, -0.2) is 44.2 Å². The molecular formula is C14H22ClN3. The number of rotatable bonds is 3. The average Bonchev–Trinajstić information content (AvgIpc) is 2.78. The first-order valence-electron chi connectivity index (χ1n) is 6.37. The van der Waals surface area contributed by atoms with Crippen LogP contribution in [0.1, 0.15) is 12.0 Å². The zero-order valence-corrected chi connectivity index (χ0v) is 12.2. The lowest BCUT2D eigenvalue weighted by Gasteiger charge is -2.35. The Kier molecular flexibility index (Phi) is 3.85. The lowest BCUT2D eigenvalue weighted by atomic mass is 9.97. The van der Waals surface area contributed by atoms with Crippen LogP contribution >= 0.6 is 11.6 Å². The molecular weight excluding hydrogens is 246 g/mol. The topological polar surface area (TPSA) is 32.5 Å². The van der Waals surface area contributed by atoms with Crippen molar-refractivity contribution in [2.75, 3.05) is 38.6 Å². The number of hydrogen-bond acceptors (Lipinski definition) is 3. The molecule has 0 aliphatic carbocycles. The van der Waals surface area contributed by atoms with E-state index in [-0.39, 0.29) is 5.54 Å². The van der Waals surface area contributed by atoms with Crippen LogP contribution in [0.2, 0.25) is 5.02 Å². The third-order valence-corrected chi connectivity index (χ3v) is 4.41. The fraction of sp³-hybridized carbons (Fsp3) is 0.571. The molecule has 100 valence electrons. The number of nitrogens with zero attached hydrogens (tertiary/aromatic N) is 2. The van der Waals surface area contributed by atoms with Crippen LogP contribution in [-0.2, 0) is 0 Å². The summed E-state index contributed by atoms with van der Waals surface area (Å²) in [5.41, 5.74) is 8.58. The van der Waals surface area contributed by atoms with E-state index in [0.29, 0.717) is 6.54 Å². The van der Waals surface area contributed by atoms with Gasteiger partial charge in [-0.05, 0) is 45.1 Å². The maximum Gasteiger partial charge on any atom is 0.0518 e. The molecule has 1 aromatic carbocycles. The molecule has 2 rings (SSSR count). The molecule has 1 unspecified atom stereocenters. The second-order valence-corrected chi connectivity index (χ2v) is 5.86. The molecule has 0 saturated carbocycles. The van der Waals surface area contributed by atoms with Crippen molar-refractivity contribution in [3.63, 3.8) is 0 Å². The molecule has 0 amide bonds. The summed E-state index contributed by atoms with van der Waals surface area (Å²) in [6, 6.07) is 6.08. The standard InChI is InChI=1S/C14H22ClN3/c1-11-4-5-12(15)8-13(11)18-7-6-14(9-16,10-18)17(2)3/h4-5,8H,6-7,9-10,16H2,1-3H3. The average molecular weight is 268 g/mol. The van der Waals surface area contributed by atoms with E-state index >= 15 is 0 Å². The van der Waals surface area contributed by atoms with Gasteiger partial charge in [-0.15, -0.1) is 0 Å². The van der Waals surface area contributed by atoms with Crippen molar-refractivity contribution in [2.45, 2.75) is 18.9 Å². The van der Waals surface area contributed by atoms with Crippen LogP contribution in [0.3, 0.4) is 0 Å². The quantitative estimate of drug-likeness (QED) is 0.911. The van der Waals surface area contributed by atoms with Gasteiger partial charge in [0.15, 0.2) is 0 Å². The fourth-order valence-corrected chi connectivity index (χ4v) is 2.87. The van der Waals surface area contributed by atoms with Crippen LogP contribution in [0.5, 0.6) is 0 Å². The Hall–Kier alpha value is -0.770. The van der Waals surface area contributed by atoms with Gasteiger partial charge >= 0.3 is 0 Å². The summed E-state index contributed by atoms with van der Waals surface area (Å²) < 4.78 is 0. The third kappa shape index (κ3) is 2.35. The van der Waals surface area contributed by atoms with Gasteiger partial charge in [-0.3, -0.25) is 0 Å². The number of hydrogen-bond donors (Lipinski definition) is 1. The van der Waals surface area contributed by atoms with E-state index in [0.717, 1.165) is 24.5 Å². The normalized spacial score (nSPS) is 24.0. The van der Waals surface area contributed by atoms with E-state index in [2.05, 4.69) is 43.0 Å². The summed E-state index contributed by atoms with van der Waals surface area (Å²) in [4.78, 5) is 4.65. The first-order chi connectivity index (χ1) is 8.48. The number of likely N-dealkylation sites (N-methyl/N-ethyl adjacent to an activating group) is 1. The Morgan fingerprint density at radius 1 is 1.44 bits per heavy atom. The highest BCUT2D eigenvalue weighted by Crippen LogP contribution is 2.32. The molecule has 0 radical (unpaired) electrons. The third-order valence-electron chi connectivity index (χ3n) is 4.17. The molecule has 1 aliphatic rings. The van der Waals surface area contributed by atoms with E-state index in [1.54, 1.807) is 0 Å². The summed E-state index contributed by atoms with van der Waals surface area (Å²) >= 11 is 6.10. The minimum absolute atomic E-state index is 0.0920. The minimum atomic E-state index is 0.0920. The maximum absolute atomic E-state index is 6.10. The van der Waals surface area contributed by atoms with Crippen molar-refractivity contribution in [3.05, 3.63) is 28.8 Å². The van der Waals surface area contributed by atoms with Crippen LogP contribution in [0.15, 0.2) is 18.2 Å². The van der Waals surface area contributed by atoms with Crippen LogP contribution in [0.25, 0.3) is 0 Å². The van der Waals surface area contributed by atoms with Crippen LogP contribution in [0, 0.1) is 6.92 Å². The van der Waals surface area contributed by atoms with E-state index in [9.17, 15) is 0 Å². The van der Waals surface area contributed by atoms with E-state index in [1.807, 2.05) is 6.07 Å². The number of aryl methyl sites for hydroxylation is 1. The van der Waals surface area contributed by atoms with Crippen LogP contribution in [0.4, 0.5) is 5.69 Å². The van der Waals surface area contributed by atoms with E-state index in [4.69, 9.17) is 17.3 Å². The van der Waals surface area contributed by atoms with E-state index < -0.39 is 0 Å². The summed E-state index contributed by atoms with van der Waals surface area (Å²) in [5.74, 6) is 0. The van der Waals surface area contributed by atoms with Gasteiger partial charge in [0.2, 0.25) is 0 Å². The van der Waals surface area contributed by atoms with Gasteiger partial charge in [-0.25, -0.2) is 0 Å². The molecule has 0 aromatic heterocycles. The van der Waals surface area contributed by atoms with Crippen molar-refractivity contribution >= 4 is 17.3 Å². The van der Waals surface area contributed by atoms with Crippen molar-refractivity contribution in [1.29, 1.82) is 0 Å². The maximum atomic E-state index is 6.10. The first kappa shape index (κ1) is 13.7. The molecule has 0 bridgehead atoms. The Bertz CT molecular complexity index is 433. The molecule has 1 fully saturated rings. The SMILES string of the molecule is Cc1ccc(Cl)cc1N1CCC(CN)(N(C)C)C1. The zero-order valence-electron chi connectivity index (χ0n) is 11.4. The van der Waals surface area contributed by atoms with Gasteiger partial charge in [0, 0.05) is 30.3 Å². The van der Waals surface area contributed by atoms with Gasteiger partial charge in [0.1, 0.15) is 0 Å². The monoisotopic (exact) mass is 267 g/mol. The molecule has 1 aromatic rings. The van der Waals surface area contributed by atoms with Crippen molar-refractivity contribution in [3.8, 4) is 0 Å². The first-order valence-corrected chi connectivity index (χ1v) is 6.75. The van der Waals surface area contributed by atoms with Gasteiger partial charge < -0.3 is 15.5 Å². The van der Waals surface area contributed by atoms with Gasteiger partial charge in [0.25, 0.3) is 0 Å². The predicted octanol–water partition coefficient (Wildman–Crippen LogP) is 2.12. The largest absolute Gasteiger partial charge is 0.369 e. The van der Waals surface area contributed by atoms with Gasteiger partial charge in [-0.2, -0.15) is 0 Å². The second kappa shape index (κ2) is 5.08. The minimum Gasteiger partial charge on any atom is -0.369 e. The molecule has 2 N–H and O–H groups in total. The summed E-state index contributed by atoms with van der Waals surface area (Å²) in [5, 5.41) is 0.797. The van der Waals surface area contributed by atoms with E-state index in [1.165, 1.54) is 11.3 Å². The summed E-state index contributed by atoms with van der Waals surface area (Å²) in [6.07, 6.45) is 1.10. The van der Waals surface area contributed by atoms with Crippen molar-refractivity contribution in [1.82, 2.24) is 4.90 Å². The van der Waals surface area contributed by atoms with Crippen molar-refractivity contribution in [2.24, 2.45) is 5.73 Å². The molecule has 0 spiro atoms. The summed E-state index contributed by atoms with van der Waals surface area (Å²) in [7, 11) is 4.22.